The van der Waals surface area contributed by atoms with Crippen LogP contribution < -0.4 is 5.32 Å². The Labute approximate surface area is 119 Å². The maximum absolute atomic E-state index is 4.18. The Bertz CT molecular complexity index is 707. The first-order valence-electron chi connectivity index (χ1n) is 6.01. The van der Waals surface area contributed by atoms with Crippen LogP contribution >= 0.6 is 15.9 Å². The SMILES string of the molecule is Brc1cc(NCc2cccc3ccccc23)ncn1. The highest BCUT2D eigenvalue weighted by Crippen LogP contribution is 2.19. The molecule has 0 saturated heterocycles. The molecule has 0 radical (unpaired) electrons. The van der Waals surface area contributed by atoms with Crippen LogP contribution in [0.1, 0.15) is 5.56 Å². The van der Waals surface area contributed by atoms with Gasteiger partial charge in [0.25, 0.3) is 0 Å². The molecule has 3 rings (SSSR count). The number of anilines is 1. The standard InChI is InChI=1S/C15H12BrN3/c16-14-8-15(19-10-18-14)17-9-12-6-3-5-11-4-1-2-7-13(11)12/h1-8,10H,9H2,(H,17,18,19). The lowest BCUT2D eigenvalue weighted by atomic mass is 10.0. The molecule has 94 valence electrons. The Kier molecular flexibility index (Phi) is 3.42. The molecular weight excluding hydrogens is 302 g/mol. The number of hydrogen-bond donors (Lipinski definition) is 1. The highest BCUT2D eigenvalue weighted by Gasteiger charge is 2.01. The van der Waals surface area contributed by atoms with E-state index in [1.807, 2.05) is 6.07 Å². The van der Waals surface area contributed by atoms with Crippen molar-refractivity contribution in [2.24, 2.45) is 0 Å². The third kappa shape index (κ3) is 2.74. The van der Waals surface area contributed by atoms with E-state index in [1.165, 1.54) is 22.7 Å². The van der Waals surface area contributed by atoms with Crippen LogP contribution in [-0.4, -0.2) is 9.97 Å². The topological polar surface area (TPSA) is 37.8 Å². The molecule has 1 aromatic heterocycles. The molecule has 1 N–H and O–H groups in total. The first kappa shape index (κ1) is 12.1. The first-order valence-corrected chi connectivity index (χ1v) is 6.80. The van der Waals surface area contributed by atoms with Crippen LogP contribution in [0.25, 0.3) is 10.8 Å². The van der Waals surface area contributed by atoms with E-state index in [0.717, 1.165) is 17.0 Å². The van der Waals surface area contributed by atoms with E-state index in [4.69, 9.17) is 0 Å². The van der Waals surface area contributed by atoms with Crippen LogP contribution in [0.15, 0.2) is 59.5 Å². The summed E-state index contributed by atoms with van der Waals surface area (Å²) in [6.45, 7) is 0.741. The van der Waals surface area contributed by atoms with Gasteiger partial charge in [-0.25, -0.2) is 9.97 Å². The Balaban J connectivity index is 1.86. The van der Waals surface area contributed by atoms with Crippen molar-refractivity contribution in [1.82, 2.24) is 9.97 Å². The molecule has 0 aliphatic heterocycles. The third-order valence-corrected chi connectivity index (χ3v) is 3.41. The second-order valence-corrected chi connectivity index (χ2v) is 5.03. The lowest BCUT2D eigenvalue weighted by Gasteiger charge is -2.08. The van der Waals surface area contributed by atoms with Crippen LogP contribution in [0, 0.1) is 0 Å². The summed E-state index contributed by atoms with van der Waals surface area (Å²) < 4.78 is 0.780. The molecule has 3 nitrogen and oxygen atoms in total. The molecule has 0 unspecified atom stereocenters. The van der Waals surface area contributed by atoms with Crippen molar-refractivity contribution in [1.29, 1.82) is 0 Å². The van der Waals surface area contributed by atoms with Crippen LogP contribution in [0.3, 0.4) is 0 Å². The van der Waals surface area contributed by atoms with E-state index in [1.54, 1.807) is 0 Å². The molecule has 0 saturated carbocycles. The number of fused-ring (bicyclic) bond motifs is 1. The average molecular weight is 314 g/mol. The van der Waals surface area contributed by atoms with Gasteiger partial charge in [0.15, 0.2) is 0 Å². The first-order chi connectivity index (χ1) is 9.33. The van der Waals surface area contributed by atoms with Gasteiger partial charge < -0.3 is 5.32 Å². The monoisotopic (exact) mass is 313 g/mol. The predicted octanol–water partition coefficient (Wildman–Crippen LogP) is 4.00. The zero-order chi connectivity index (χ0) is 13.1. The molecule has 0 amide bonds. The Morgan fingerprint density at radius 1 is 1.00 bits per heavy atom. The number of hydrogen-bond acceptors (Lipinski definition) is 3. The summed E-state index contributed by atoms with van der Waals surface area (Å²) in [5.41, 5.74) is 1.26. The maximum Gasteiger partial charge on any atom is 0.130 e. The zero-order valence-corrected chi connectivity index (χ0v) is 11.8. The molecule has 2 aromatic carbocycles. The maximum atomic E-state index is 4.18. The minimum Gasteiger partial charge on any atom is -0.366 e. The summed E-state index contributed by atoms with van der Waals surface area (Å²) in [6.07, 6.45) is 1.54. The third-order valence-electron chi connectivity index (χ3n) is 2.97. The van der Waals surface area contributed by atoms with E-state index in [2.05, 4.69) is 73.7 Å². The quantitative estimate of drug-likeness (QED) is 0.743. The van der Waals surface area contributed by atoms with E-state index in [9.17, 15) is 0 Å². The second-order valence-electron chi connectivity index (χ2n) is 4.22. The summed E-state index contributed by atoms with van der Waals surface area (Å²) in [5.74, 6) is 0.815. The number of nitrogens with one attached hydrogen (secondary N) is 1. The van der Waals surface area contributed by atoms with Crippen molar-refractivity contribution in [3.8, 4) is 0 Å². The van der Waals surface area contributed by atoms with Gasteiger partial charge in [0.1, 0.15) is 16.7 Å². The van der Waals surface area contributed by atoms with Crippen LogP contribution in [-0.2, 0) is 6.54 Å². The molecule has 3 aromatic rings. The van der Waals surface area contributed by atoms with E-state index in [-0.39, 0.29) is 0 Å². The highest BCUT2D eigenvalue weighted by atomic mass is 79.9. The van der Waals surface area contributed by atoms with Crippen LogP contribution in [0.5, 0.6) is 0 Å². The van der Waals surface area contributed by atoms with Crippen molar-refractivity contribution in [2.75, 3.05) is 5.32 Å². The van der Waals surface area contributed by atoms with Gasteiger partial charge >= 0.3 is 0 Å². The van der Waals surface area contributed by atoms with Gasteiger partial charge in [0.2, 0.25) is 0 Å². The summed E-state index contributed by atoms with van der Waals surface area (Å²) in [6, 6.07) is 16.6. The van der Waals surface area contributed by atoms with Crippen molar-refractivity contribution >= 4 is 32.5 Å². The van der Waals surface area contributed by atoms with Gasteiger partial charge in [0.05, 0.1) is 0 Å². The molecule has 1 heterocycles. The molecule has 0 bridgehead atoms. The summed E-state index contributed by atoms with van der Waals surface area (Å²) in [7, 11) is 0. The van der Waals surface area contributed by atoms with E-state index < -0.39 is 0 Å². The summed E-state index contributed by atoms with van der Waals surface area (Å²) >= 11 is 3.34. The van der Waals surface area contributed by atoms with Crippen molar-refractivity contribution < 1.29 is 0 Å². The van der Waals surface area contributed by atoms with Gasteiger partial charge in [-0.05, 0) is 32.3 Å². The minimum absolute atomic E-state index is 0.741. The van der Waals surface area contributed by atoms with Crippen LogP contribution in [0.2, 0.25) is 0 Å². The molecule has 0 aliphatic rings. The van der Waals surface area contributed by atoms with Gasteiger partial charge in [0, 0.05) is 12.6 Å². The average Bonchev–Trinajstić information content (AvgIpc) is 2.45. The summed E-state index contributed by atoms with van der Waals surface area (Å²) in [4.78, 5) is 8.19. The molecule has 4 heteroatoms. The number of benzene rings is 2. The number of aromatic nitrogens is 2. The smallest absolute Gasteiger partial charge is 0.130 e. The highest BCUT2D eigenvalue weighted by molar-refractivity contribution is 9.10. The van der Waals surface area contributed by atoms with E-state index in [0.29, 0.717) is 0 Å². The second kappa shape index (κ2) is 5.36. The zero-order valence-electron chi connectivity index (χ0n) is 10.2. The molecule has 0 fully saturated rings. The van der Waals surface area contributed by atoms with Gasteiger partial charge in [-0.3, -0.25) is 0 Å². The minimum atomic E-state index is 0.741. The molecule has 0 aliphatic carbocycles. The fourth-order valence-electron chi connectivity index (χ4n) is 2.06. The fraction of sp³-hybridized carbons (Fsp3) is 0.0667. The normalized spacial score (nSPS) is 10.6. The van der Waals surface area contributed by atoms with Crippen molar-refractivity contribution in [2.45, 2.75) is 6.54 Å². The molecule has 19 heavy (non-hydrogen) atoms. The van der Waals surface area contributed by atoms with Crippen molar-refractivity contribution in [3.63, 3.8) is 0 Å². The molecule has 0 atom stereocenters. The molecule has 0 spiro atoms. The number of rotatable bonds is 3. The number of nitrogens with zero attached hydrogens (tertiary/aromatic N) is 2. The van der Waals surface area contributed by atoms with Crippen molar-refractivity contribution in [3.05, 3.63) is 65.0 Å². The number of halogens is 1. The summed E-state index contributed by atoms with van der Waals surface area (Å²) in [5, 5.41) is 5.84. The van der Waals surface area contributed by atoms with Crippen LogP contribution in [0.4, 0.5) is 5.82 Å². The largest absolute Gasteiger partial charge is 0.366 e. The fourth-order valence-corrected chi connectivity index (χ4v) is 2.37. The lowest BCUT2D eigenvalue weighted by Crippen LogP contribution is -2.02. The molecular formula is C15H12BrN3. The van der Waals surface area contributed by atoms with Gasteiger partial charge in [-0.15, -0.1) is 0 Å². The lowest BCUT2D eigenvalue weighted by molar-refractivity contribution is 1.08. The Morgan fingerprint density at radius 3 is 2.74 bits per heavy atom. The van der Waals surface area contributed by atoms with Gasteiger partial charge in [-0.2, -0.15) is 0 Å². The Hall–Kier alpha value is -1.94. The van der Waals surface area contributed by atoms with Gasteiger partial charge in [-0.1, -0.05) is 42.5 Å². The Morgan fingerprint density at radius 2 is 1.84 bits per heavy atom. The van der Waals surface area contributed by atoms with E-state index >= 15 is 0 Å². The predicted molar refractivity (Wildman–Crippen MR) is 81.0 cm³/mol.